The molecule has 6 heteroatoms. The van der Waals surface area contributed by atoms with E-state index in [0.717, 1.165) is 96.3 Å². The summed E-state index contributed by atoms with van der Waals surface area (Å²) in [5, 5.41) is 0. The largest absolute Gasteiger partial charge is 0.462 e. The summed E-state index contributed by atoms with van der Waals surface area (Å²) in [6, 6.07) is 0. The van der Waals surface area contributed by atoms with Crippen LogP contribution in [0.1, 0.15) is 393 Å². The predicted molar refractivity (Wildman–Crippen MR) is 362 cm³/mol. The molecular formula is C77H140O6. The molecule has 0 N–H and O–H groups in total. The van der Waals surface area contributed by atoms with Gasteiger partial charge < -0.3 is 14.2 Å². The van der Waals surface area contributed by atoms with E-state index in [9.17, 15) is 14.4 Å². The van der Waals surface area contributed by atoms with Gasteiger partial charge in [-0.15, -0.1) is 0 Å². The van der Waals surface area contributed by atoms with Crippen LogP contribution < -0.4 is 0 Å². The third-order valence-corrected chi connectivity index (χ3v) is 16.5. The number of hydrogen-bond donors (Lipinski definition) is 0. The number of rotatable bonds is 68. The highest BCUT2D eigenvalue weighted by molar-refractivity contribution is 5.71. The molecule has 0 amide bonds. The Morgan fingerprint density at radius 1 is 0.253 bits per heavy atom. The topological polar surface area (TPSA) is 78.9 Å². The Kier molecular flexibility index (Phi) is 69.1. The second-order valence-corrected chi connectivity index (χ2v) is 24.8. The highest BCUT2D eigenvalue weighted by Gasteiger charge is 2.19. The number of allylic oxidation sites excluding steroid dienone is 10. The Labute approximate surface area is 517 Å². The molecule has 0 aromatic heterocycles. The highest BCUT2D eigenvalue weighted by Crippen LogP contribution is 2.19. The molecule has 0 radical (unpaired) electrons. The Balaban J connectivity index is 4.15. The fourth-order valence-electron chi connectivity index (χ4n) is 11.1. The summed E-state index contributed by atoms with van der Waals surface area (Å²) in [6.45, 7) is 6.58. The van der Waals surface area contributed by atoms with E-state index in [4.69, 9.17) is 14.2 Å². The lowest BCUT2D eigenvalue weighted by Gasteiger charge is -2.18. The van der Waals surface area contributed by atoms with Gasteiger partial charge in [0.25, 0.3) is 0 Å². The Morgan fingerprint density at radius 2 is 0.470 bits per heavy atom. The molecule has 0 rings (SSSR count). The van der Waals surface area contributed by atoms with Crippen LogP contribution in [0.25, 0.3) is 0 Å². The van der Waals surface area contributed by atoms with Crippen molar-refractivity contribution in [2.45, 2.75) is 399 Å². The van der Waals surface area contributed by atoms with Crippen molar-refractivity contribution < 1.29 is 28.6 Å². The fourth-order valence-corrected chi connectivity index (χ4v) is 11.1. The molecule has 484 valence electrons. The van der Waals surface area contributed by atoms with Crippen molar-refractivity contribution in [1.82, 2.24) is 0 Å². The molecular weight excluding hydrogens is 1020 g/mol. The minimum absolute atomic E-state index is 0.0739. The Morgan fingerprint density at radius 3 is 0.735 bits per heavy atom. The van der Waals surface area contributed by atoms with Gasteiger partial charge in [-0.05, 0) is 64.2 Å². The van der Waals surface area contributed by atoms with Gasteiger partial charge in [-0.25, -0.2) is 0 Å². The maximum atomic E-state index is 12.9. The molecule has 6 nitrogen and oxygen atoms in total. The summed E-state index contributed by atoms with van der Waals surface area (Å²) in [7, 11) is 0. The number of carbonyl (C=O) groups excluding carboxylic acids is 3. The minimum Gasteiger partial charge on any atom is -0.462 e. The molecule has 0 aromatic rings. The summed E-state index contributed by atoms with van der Waals surface area (Å²) in [5.74, 6) is -0.861. The molecule has 1 unspecified atom stereocenters. The first-order valence-electron chi connectivity index (χ1n) is 36.8. The average molecular weight is 1160 g/mol. The Hall–Kier alpha value is -2.89. The van der Waals surface area contributed by atoms with Gasteiger partial charge in [0, 0.05) is 19.3 Å². The molecule has 0 aliphatic rings. The first kappa shape index (κ1) is 80.1. The van der Waals surface area contributed by atoms with Gasteiger partial charge in [0.15, 0.2) is 6.10 Å². The lowest BCUT2D eigenvalue weighted by molar-refractivity contribution is -0.167. The predicted octanol–water partition coefficient (Wildman–Crippen LogP) is 25.5. The Bertz CT molecular complexity index is 1470. The lowest BCUT2D eigenvalue weighted by Crippen LogP contribution is -2.30. The maximum absolute atomic E-state index is 12.9. The quantitative estimate of drug-likeness (QED) is 0.0261. The zero-order chi connectivity index (χ0) is 59.9. The van der Waals surface area contributed by atoms with E-state index in [1.54, 1.807) is 0 Å². The van der Waals surface area contributed by atoms with Crippen molar-refractivity contribution in [3.63, 3.8) is 0 Å². The smallest absolute Gasteiger partial charge is 0.306 e. The van der Waals surface area contributed by atoms with Crippen LogP contribution in [0.5, 0.6) is 0 Å². The van der Waals surface area contributed by atoms with E-state index in [1.807, 2.05) is 0 Å². The number of ether oxygens (including phenoxy) is 3. The zero-order valence-corrected chi connectivity index (χ0v) is 55.7. The van der Waals surface area contributed by atoms with Crippen LogP contribution in [0.4, 0.5) is 0 Å². The van der Waals surface area contributed by atoms with E-state index in [0.29, 0.717) is 19.3 Å². The van der Waals surface area contributed by atoms with Gasteiger partial charge in [-0.1, -0.05) is 370 Å². The van der Waals surface area contributed by atoms with Gasteiger partial charge in [0.2, 0.25) is 0 Å². The molecule has 0 aliphatic carbocycles. The highest BCUT2D eigenvalue weighted by atomic mass is 16.6. The van der Waals surface area contributed by atoms with Gasteiger partial charge >= 0.3 is 17.9 Å². The first-order valence-corrected chi connectivity index (χ1v) is 36.8. The van der Waals surface area contributed by atoms with Crippen molar-refractivity contribution in [2.24, 2.45) is 0 Å². The molecule has 1 atom stereocenters. The van der Waals surface area contributed by atoms with E-state index >= 15 is 0 Å². The second kappa shape index (κ2) is 71.6. The summed E-state index contributed by atoms with van der Waals surface area (Å²) < 4.78 is 17.0. The number of esters is 3. The maximum Gasteiger partial charge on any atom is 0.306 e. The molecule has 83 heavy (non-hydrogen) atoms. The minimum atomic E-state index is -0.779. The molecule has 0 spiro atoms. The van der Waals surface area contributed by atoms with Crippen LogP contribution >= 0.6 is 0 Å². The average Bonchev–Trinajstić information content (AvgIpc) is 3.48. The van der Waals surface area contributed by atoms with Crippen molar-refractivity contribution in [3.05, 3.63) is 60.8 Å². The van der Waals surface area contributed by atoms with Crippen molar-refractivity contribution in [1.29, 1.82) is 0 Å². The first-order chi connectivity index (χ1) is 41.0. The molecule has 0 heterocycles. The van der Waals surface area contributed by atoms with Crippen LogP contribution in [0, 0.1) is 0 Å². The third-order valence-electron chi connectivity index (χ3n) is 16.5. The van der Waals surface area contributed by atoms with Crippen LogP contribution in [0.2, 0.25) is 0 Å². The van der Waals surface area contributed by atoms with Crippen molar-refractivity contribution >= 4 is 17.9 Å². The summed E-state index contributed by atoms with van der Waals surface area (Å²) >= 11 is 0. The third kappa shape index (κ3) is 69.8. The van der Waals surface area contributed by atoms with Crippen molar-refractivity contribution in [2.75, 3.05) is 13.2 Å². The molecule has 0 saturated carbocycles. The van der Waals surface area contributed by atoms with Crippen molar-refractivity contribution in [3.8, 4) is 0 Å². The fraction of sp³-hybridized carbons (Fsp3) is 0.831. The lowest BCUT2D eigenvalue weighted by atomic mass is 10.0. The van der Waals surface area contributed by atoms with E-state index < -0.39 is 6.10 Å². The summed E-state index contributed by atoms with van der Waals surface area (Å²) in [5.41, 5.74) is 0. The number of carbonyl (C=O) groups is 3. The number of unbranched alkanes of at least 4 members (excludes halogenated alkanes) is 47. The standard InChI is InChI=1S/C77H140O6/c1-4-7-10-13-16-19-22-24-26-28-30-32-34-35-36-37-38-39-40-41-43-44-46-48-50-52-55-58-61-64-67-70-76(79)82-73-74(72-81-75(78)69-66-63-60-57-54-21-18-15-12-9-6-3)83-77(80)71-68-65-62-59-56-53-51-49-47-45-42-33-31-29-27-25-23-20-17-14-11-8-5-2/h8,11,17,20,25,27,31,33,45,47,74H,4-7,9-10,12-16,18-19,21-24,26,28-30,32,34-44,46,48-73H2,1-3H3/b11-8-,20-17-,27-25-,33-31-,47-45-. The van der Waals surface area contributed by atoms with E-state index in [2.05, 4.69) is 81.5 Å². The van der Waals surface area contributed by atoms with Crippen LogP contribution in [-0.2, 0) is 28.6 Å². The monoisotopic (exact) mass is 1160 g/mol. The van der Waals surface area contributed by atoms with Crippen LogP contribution in [-0.4, -0.2) is 37.2 Å². The van der Waals surface area contributed by atoms with E-state index in [1.165, 1.54) is 257 Å². The molecule has 0 bridgehead atoms. The molecule has 0 saturated heterocycles. The summed E-state index contributed by atoms with van der Waals surface area (Å²) in [4.78, 5) is 38.4. The molecule has 0 aliphatic heterocycles. The van der Waals surface area contributed by atoms with E-state index in [-0.39, 0.29) is 31.1 Å². The summed E-state index contributed by atoms with van der Waals surface area (Å²) in [6.07, 6.45) is 92.8. The normalized spacial score (nSPS) is 12.4. The van der Waals surface area contributed by atoms with Gasteiger partial charge in [-0.3, -0.25) is 14.4 Å². The van der Waals surface area contributed by atoms with Gasteiger partial charge in [-0.2, -0.15) is 0 Å². The van der Waals surface area contributed by atoms with Crippen LogP contribution in [0.15, 0.2) is 60.8 Å². The SMILES string of the molecule is CC/C=C\C/C=C\C/C=C\C/C=C\C/C=C\CCCCCCCCCC(=O)OC(COC(=O)CCCCCCCCCCCCC)COC(=O)CCCCCCCCCCCCCCCCCCCCCCCCCCCCCCCCC. The second-order valence-electron chi connectivity index (χ2n) is 24.8. The number of hydrogen-bond acceptors (Lipinski definition) is 6. The van der Waals surface area contributed by atoms with Gasteiger partial charge in [0.1, 0.15) is 13.2 Å². The van der Waals surface area contributed by atoms with Crippen LogP contribution in [0.3, 0.4) is 0 Å². The zero-order valence-electron chi connectivity index (χ0n) is 55.7. The molecule has 0 fully saturated rings. The molecule has 0 aromatic carbocycles. The van der Waals surface area contributed by atoms with Gasteiger partial charge in [0.05, 0.1) is 0 Å².